The molecule has 2 aliphatic rings. The van der Waals surface area contributed by atoms with Crippen molar-refractivity contribution >= 4 is 39.1 Å². The zero-order valence-corrected chi connectivity index (χ0v) is 16.9. The van der Waals surface area contributed by atoms with E-state index in [1.165, 1.54) is 22.9 Å². The molecule has 26 heavy (non-hydrogen) atoms. The van der Waals surface area contributed by atoms with Crippen LogP contribution in [0, 0.1) is 5.92 Å². The number of hydrogen-bond acceptors (Lipinski definition) is 3. The van der Waals surface area contributed by atoms with Crippen LogP contribution in [0.15, 0.2) is 23.1 Å². The molecule has 1 saturated heterocycles. The number of rotatable bonds is 4. The molecule has 0 aromatic heterocycles. The maximum absolute atomic E-state index is 13.0. The number of nitrogens with one attached hydrogen (secondary N) is 1. The number of sulfonamides is 1. The number of carbonyl (C=O) groups excluding carboxylic acids is 1. The van der Waals surface area contributed by atoms with E-state index in [1.807, 2.05) is 0 Å². The van der Waals surface area contributed by atoms with Crippen molar-refractivity contribution in [3.8, 4) is 0 Å². The van der Waals surface area contributed by atoms with E-state index in [4.69, 9.17) is 23.2 Å². The number of piperidine rings is 1. The van der Waals surface area contributed by atoms with E-state index >= 15 is 0 Å². The molecular formula is C18H24Cl2N2O3S. The number of halogens is 2. The third-order valence-electron chi connectivity index (χ3n) is 5.22. The number of benzene rings is 1. The summed E-state index contributed by atoms with van der Waals surface area (Å²) in [6, 6.07) is 4.49. The number of nitrogens with zero attached hydrogens (tertiary/aromatic N) is 1. The highest BCUT2D eigenvalue weighted by molar-refractivity contribution is 7.89. The second-order valence-electron chi connectivity index (χ2n) is 7.10. The lowest BCUT2D eigenvalue weighted by atomic mass is 9.88. The lowest BCUT2D eigenvalue weighted by Crippen LogP contribution is -2.50. The average Bonchev–Trinajstić information content (AvgIpc) is 2.62. The minimum absolute atomic E-state index is 0.0532. The van der Waals surface area contributed by atoms with E-state index in [2.05, 4.69) is 5.32 Å². The molecule has 8 heteroatoms. The van der Waals surface area contributed by atoms with E-state index in [0.717, 1.165) is 32.1 Å². The molecule has 1 aliphatic heterocycles. The fourth-order valence-corrected chi connectivity index (χ4v) is 6.44. The first-order valence-corrected chi connectivity index (χ1v) is 11.3. The molecule has 144 valence electrons. The average molecular weight is 419 g/mol. The van der Waals surface area contributed by atoms with Gasteiger partial charge in [0.1, 0.15) is 4.90 Å². The Kier molecular flexibility index (Phi) is 6.49. The molecule has 1 aromatic carbocycles. The van der Waals surface area contributed by atoms with Crippen molar-refractivity contribution in [2.24, 2.45) is 5.92 Å². The van der Waals surface area contributed by atoms with Gasteiger partial charge in [-0.1, -0.05) is 48.5 Å². The van der Waals surface area contributed by atoms with Crippen molar-refractivity contribution in [1.29, 1.82) is 0 Å². The van der Waals surface area contributed by atoms with Crippen molar-refractivity contribution in [2.75, 3.05) is 13.1 Å². The Bertz CT molecular complexity index is 743. The van der Waals surface area contributed by atoms with Crippen LogP contribution in [-0.2, 0) is 14.8 Å². The smallest absolute Gasteiger partial charge is 0.246 e. The van der Waals surface area contributed by atoms with Crippen LogP contribution in [0.3, 0.4) is 0 Å². The number of amides is 1. The predicted molar refractivity (Wildman–Crippen MR) is 103 cm³/mol. The van der Waals surface area contributed by atoms with Crippen LogP contribution in [0.25, 0.3) is 0 Å². The third-order valence-corrected chi connectivity index (χ3v) is 8.04. The van der Waals surface area contributed by atoms with E-state index in [-0.39, 0.29) is 39.4 Å². The van der Waals surface area contributed by atoms with Crippen molar-refractivity contribution in [3.05, 3.63) is 28.2 Å². The fraction of sp³-hybridized carbons (Fsp3) is 0.611. The quantitative estimate of drug-likeness (QED) is 0.807. The van der Waals surface area contributed by atoms with Gasteiger partial charge < -0.3 is 5.32 Å². The van der Waals surface area contributed by atoms with E-state index in [0.29, 0.717) is 13.0 Å². The van der Waals surface area contributed by atoms with Gasteiger partial charge in [0.15, 0.2) is 0 Å². The van der Waals surface area contributed by atoms with Gasteiger partial charge in [-0.3, -0.25) is 4.79 Å². The lowest BCUT2D eigenvalue weighted by Gasteiger charge is -2.33. The van der Waals surface area contributed by atoms with Crippen molar-refractivity contribution < 1.29 is 13.2 Å². The first-order valence-electron chi connectivity index (χ1n) is 9.14. The Morgan fingerprint density at radius 3 is 2.35 bits per heavy atom. The first kappa shape index (κ1) is 19.9. The normalized spacial score (nSPS) is 22.9. The summed E-state index contributed by atoms with van der Waals surface area (Å²) < 4.78 is 27.4. The summed E-state index contributed by atoms with van der Waals surface area (Å²) in [6.45, 7) is 0.655. The maximum Gasteiger partial charge on any atom is 0.246 e. The molecule has 1 atom stereocenters. The molecule has 1 saturated carbocycles. The van der Waals surface area contributed by atoms with Gasteiger partial charge in [0.2, 0.25) is 15.9 Å². The molecule has 0 radical (unpaired) electrons. The van der Waals surface area contributed by atoms with E-state index in [9.17, 15) is 13.2 Å². The summed E-state index contributed by atoms with van der Waals surface area (Å²) in [4.78, 5) is 12.4. The summed E-state index contributed by atoms with van der Waals surface area (Å²) >= 11 is 12.2. The second-order valence-corrected chi connectivity index (χ2v) is 9.79. The van der Waals surface area contributed by atoms with E-state index in [1.54, 1.807) is 6.07 Å². The van der Waals surface area contributed by atoms with Crippen LogP contribution in [-0.4, -0.2) is 37.8 Å². The molecular weight excluding hydrogens is 395 g/mol. The number of carbonyl (C=O) groups is 1. The van der Waals surface area contributed by atoms with E-state index < -0.39 is 10.0 Å². The number of hydrogen-bond donors (Lipinski definition) is 1. The zero-order chi connectivity index (χ0) is 18.7. The zero-order valence-electron chi connectivity index (χ0n) is 14.6. The molecule has 1 amide bonds. The lowest BCUT2D eigenvalue weighted by molar-refractivity contribution is -0.126. The van der Waals surface area contributed by atoms with Crippen LogP contribution >= 0.6 is 23.2 Å². The molecule has 1 aliphatic carbocycles. The molecule has 2 fully saturated rings. The van der Waals surface area contributed by atoms with Crippen LogP contribution in [0.4, 0.5) is 0 Å². The molecule has 3 rings (SSSR count). The summed E-state index contributed by atoms with van der Waals surface area (Å²) in [7, 11) is -3.80. The molecule has 1 N–H and O–H groups in total. The Morgan fingerprint density at radius 1 is 1.04 bits per heavy atom. The minimum atomic E-state index is -3.80. The largest absolute Gasteiger partial charge is 0.352 e. The molecule has 0 bridgehead atoms. The van der Waals surface area contributed by atoms with Crippen LogP contribution in [0.1, 0.15) is 44.9 Å². The van der Waals surface area contributed by atoms with Gasteiger partial charge in [-0.25, -0.2) is 8.42 Å². The minimum Gasteiger partial charge on any atom is -0.352 e. The van der Waals surface area contributed by atoms with Crippen molar-refractivity contribution in [2.45, 2.75) is 55.9 Å². The van der Waals surface area contributed by atoms with Gasteiger partial charge in [-0.15, -0.1) is 0 Å². The maximum atomic E-state index is 13.0. The Morgan fingerprint density at radius 2 is 1.69 bits per heavy atom. The van der Waals surface area contributed by atoms with Gasteiger partial charge in [-0.2, -0.15) is 4.31 Å². The molecule has 1 heterocycles. The van der Waals surface area contributed by atoms with Crippen LogP contribution < -0.4 is 5.32 Å². The van der Waals surface area contributed by atoms with Crippen LogP contribution in [0.2, 0.25) is 10.0 Å². The van der Waals surface area contributed by atoms with Crippen molar-refractivity contribution in [1.82, 2.24) is 9.62 Å². The summed E-state index contributed by atoms with van der Waals surface area (Å²) in [6.07, 6.45) is 6.70. The Balaban J connectivity index is 1.70. The molecule has 1 aromatic rings. The molecule has 5 nitrogen and oxygen atoms in total. The first-order chi connectivity index (χ1) is 12.4. The fourth-order valence-electron chi connectivity index (χ4n) is 3.82. The summed E-state index contributed by atoms with van der Waals surface area (Å²) in [5.41, 5.74) is 0. The van der Waals surface area contributed by atoms with Gasteiger partial charge in [0.05, 0.1) is 10.0 Å². The summed E-state index contributed by atoms with van der Waals surface area (Å²) in [5.74, 6) is 0.124. The summed E-state index contributed by atoms with van der Waals surface area (Å²) in [5, 5.41) is 3.29. The molecule has 0 spiro atoms. The third kappa shape index (κ3) is 4.35. The van der Waals surface area contributed by atoms with Gasteiger partial charge in [-0.05, 0) is 37.8 Å². The highest BCUT2D eigenvalue weighted by Gasteiger charge is 2.34. The predicted octanol–water partition coefficient (Wildman–Crippen LogP) is 3.84. The van der Waals surface area contributed by atoms with Crippen molar-refractivity contribution in [3.63, 3.8) is 0 Å². The highest BCUT2D eigenvalue weighted by atomic mass is 35.5. The monoisotopic (exact) mass is 418 g/mol. The standard InChI is InChI=1S/C18H24Cl2N2O3S/c19-15-9-4-10-16(20)17(15)26(24,25)22-11-5-8-14(12-22)21-18(23)13-6-2-1-3-7-13/h4,9-10,13-14H,1-3,5-8,11-12H2,(H,21,23)/t14-/m0/s1. The van der Waals surface area contributed by atoms with Gasteiger partial charge >= 0.3 is 0 Å². The SMILES string of the molecule is O=C(N[C@H]1CCCN(S(=O)(=O)c2c(Cl)cccc2Cl)C1)C1CCCCC1. The topological polar surface area (TPSA) is 66.5 Å². The van der Waals surface area contributed by atoms with Gasteiger partial charge in [0, 0.05) is 25.0 Å². The van der Waals surface area contributed by atoms with Gasteiger partial charge in [0.25, 0.3) is 0 Å². The molecule has 0 unspecified atom stereocenters. The van der Waals surface area contributed by atoms with Crippen LogP contribution in [0.5, 0.6) is 0 Å². The second kappa shape index (κ2) is 8.46. The Labute approximate surface area is 165 Å². The highest BCUT2D eigenvalue weighted by Crippen LogP contribution is 2.33. The Hall–Kier alpha value is -0.820.